The fourth-order valence-electron chi connectivity index (χ4n) is 3.19. The minimum atomic E-state index is -0.131. The van der Waals surface area contributed by atoms with Crippen LogP contribution in [0.1, 0.15) is 13.8 Å². The number of guanidine groups is 1. The van der Waals surface area contributed by atoms with Gasteiger partial charge in [-0.25, -0.2) is 0 Å². The van der Waals surface area contributed by atoms with Crippen molar-refractivity contribution in [1.29, 1.82) is 0 Å². The van der Waals surface area contributed by atoms with Crippen LogP contribution in [0.15, 0.2) is 4.99 Å². The molecule has 0 amide bonds. The lowest BCUT2D eigenvalue weighted by atomic mass is 9.99. The monoisotopic (exact) mass is 326 g/mol. The van der Waals surface area contributed by atoms with Crippen LogP contribution in [0, 0.1) is 11.8 Å². The second-order valence-electron chi connectivity index (χ2n) is 6.46. The summed E-state index contributed by atoms with van der Waals surface area (Å²) in [5.74, 6) is 0.917. The molecule has 23 heavy (non-hydrogen) atoms. The van der Waals surface area contributed by atoms with E-state index in [0.29, 0.717) is 13.1 Å². The van der Waals surface area contributed by atoms with Crippen molar-refractivity contribution in [3.05, 3.63) is 0 Å². The van der Waals surface area contributed by atoms with Gasteiger partial charge in [-0.1, -0.05) is 6.92 Å². The molecule has 7 heteroatoms. The Morgan fingerprint density at radius 2 is 2.17 bits per heavy atom. The van der Waals surface area contributed by atoms with Crippen molar-refractivity contribution in [1.82, 2.24) is 15.1 Å². The highest BCUT2D eigenvalue weighted by molar-refractivity contribution is 5.82. The molecular weight excluding hydrogens is 296 g/mol. The van der Waals surface area contributed by atoms with Crippen molar-refractivity contribution in [3.63, 3.8) is 0 Å². The van der Waals surface area contributed by atoms with E-state index in [1.807, 2.05) is 0 Å². The highest BCUT2D eigenvalue weighted by Crippen LogP contribution is 2.24. The Labute approximate surface area is 139 Å². The molecule has 0 saturated carbocycles. The number of hydrogen-bond donors (Lipinski definition) is 1. The first-order valence-corrected chi connectivity index (χ1v) is 8.46. The molecule has 7 nitrogen and oxygen atoms in total. The summed E-state index contributed by atoms with van der Waals surface area (Å²) in [7, 11) is 3.56. The number of nitrogens with zero attached hydrogens (tertiary/aromatic N) is 3. The predicted octanol–water partition coefficient (Wildman–Crippen LogP) is 0.0234. The number of carbonyl (C=O) groups excluding carboxylic acids is 1. The molecule has 0 bridgehead atoms. The first-order chi connectivity index (χ1) is 11.0. The van der Waals surface area contributed by atoms with Crippen molar-refractivity contribution >= 4 is 11.9 Å². The molecule has 0 radical (unpaired) electrons. The number of likely N-dealkylation sites (tertiary alicyclic amines) is 1. The topological polar surface area (TPSA) is 66.4 Å². The van der Waals surface area contributed by atoms with Crippen molar-refractivity contribution < 1.29 is 14.3 Å². The van der Waals surface area contributed by atoms with Crippen LogP contribution in [0.2, 0.25) is 0 Å². The number of aliphatic imine (C=N–C) groups is 1. The minimum Gasteiger partial charge on any atom is -0.469 e. The molecule has 2 rings (SSSR count). The summed E-state index contributed by atoms with van der Waals surface area (Å²) in [5, 5.41) is 3.33. The van der Waals surface area contributed by atoms with Crippen LogP contribution in [0.25, 0.3) is 0 Å². The summed E-state index contributed by atoms with van der Waals surface area (Å²) in [6.07, 6.45) is 0.138. The maximum atomic E-state index is 11.9. The van der Waals surface area contributed by atoms with Crippen LogP contribution in [0.4, 0.5) is 0 Å². The zero-order valence-corrected chi connectivity index (χ0v) is 14.7. The average Bonchev–Trinajstić information content (AvgIpc) is 2.92. The first-order valence-electron chi connectivity index (χ1n) is 8.46. The van der Waals surface area contributed by atoms with Crippen molar-refractivity contribution in [2.45, 2.75) is 20.0 Å². The lowest BCUT2D eigenvalue weighted by Gasteiger charge is -2.29. The summed E-state index contributed by atoms with van der Waals surface area (Å²) in [6, 6.07) is 0. The highest BCUT2D eigenvalue weighted by Gasteiger charge is 2.37. The number of carbonyl (C=O) groups is 1. The van der Waals surface area contributed by atoms with Crippen LogP contribution in [0.5, 0.6) is 0 Å². The molecule has 132 valence electrons. The fourth-order valence-corrected chi connectivity index (χ4v) is 3.19. The molecule has 2 aliphatic heterocycles. The summed E-state index contributed by atoms with van der Waals surface area (Å²) >= 11 is 0. The van der Waals surface area contributed by atoms with Gasteiger partial charge in [0.15, 0.2) is 5.96 Å². The zero-order chi connectivity index (χ0) is 16.8. The maximum absolute atomic E-state index is 11.9. The number of likely N-dealkylation sites (N-methyl/N-ethyl adjacent to an activating group) is 1. The van der Waals surface area contributed by atoms with E-state index in [-0.39, 0.29) is 23.9 Å². The van der Waals surface area contributed by atoms with E-state index in [0.717, 1.165) is 38.7 Å². The molecule has 3 unspecified atom stereocenters. The lowest BCUT2D eigenvalue weighted by molar-refractivity contribution is -0.145. The second-order valence-corrected chi connectivity index (χ2v) is 6.46. The summed E-state index contributed by atoms with van der Waals surface area (Å²) < 4.78 is 10.7. The number of morpholine rings is 1. The first kappa shape index (κ1) is 18.0. The van der Waals surface area contributed by atoms with Gasteiger partial charge in [0, 0.05) is 32.7 Å². The van der Waals surface area contributed by atoms with Crippen LogP contribution in [-0.4, -0.2) is 87.9 Å². The second kappa shape index (κ2) is 8.49. The third-order valence-corrected chi connectivity index (χ3v) is 4.54. The van der Waals surface area contributed by atoms with E-state index < -0.39 is 0 Å². The standard InChI is InChI=1S/C16H30N4O3/c1-5-17-16(18-8-13-10-19(3)6-7-23-13)20-9-12(2)14(11-20)15(21)22-4/h12-14H,5-11H2,1-4H3,(H,17,18). The number of nitrogens with one attached hydrogen (secondary N) is 1. The molecule has 2 saturated heterocycles. The molecule has 0 aliphatic carbocycles. The van der Waals surface area contributed by atoms with Gasteiger partial charge in [0.1, 0.15) is 0 Å². The van der Waals surface area contributed by atoms with Gasteiger partial charge in [0.05, 0.1) is 32.3 Å². The Morgan fingerprint density at radius 1 is 1.39 bits per heavy atom. The Morgan fingerprint density at radius 3 is 2.83 bits per heavy atom. The molecule has 2 aliphatic rings. The van der Waals surface area contributed by atoms with Gasteiger partial charge < -0.3 is 24.6 Å². The SMILES string of the molecule is CCNC(=NCC1CN(C)CCO1)N1CC(C)C(C(=O)OC)C1. The molecule has 1 N–H and O–H groups in total. The Hall–Kier alpha value is -1.34. The molecule has 0 aromatic carbocycles. The number of hydrogen-bond acceptors (Lipinski definition) is 5. The zero-order valence-electron chi connectivity index (χ0n) is 14.7. The molecule has 2 fully saturated rings. The average molecular weight is 326 g/mol. The van der Waals surface area contributed by atoms with E-state index >= 15 is 0 Å². The molecule has 0 spiro atoms. The van der Waals surface area contributed by atoms with Crippen LogP contribution in [-0.2, 0) is 14.3 Å². The van der Waals surface area contributed by atoms with E-state index in [2.05, 4.69) is 36.0 Å². The van der Waals surface area contributed by atoms with E-state index in [1.165, 1.54) is 7.11 Å². The highest BCUT2D eigenvalue weighted by atomic mass is 16.5. The van der Waals surface area contributed by atoms with Gasteiger partial charge in [0.2, 0.25) is 0 Å². The lowest BCUT2D eigenvalue weighted by Crippen LogP contribution is -2.44. The number of ether oxygens (including phenoxy) is 2. The van der Waals surface area contributed by atoms with Crippen LogP contribution >= 0.6 is 0 Å². The third-order valence-electron chi connectivity index (χ3n) is 4.54. The Bertz CT molecular complexity index is 430. The van der Waals surface area contributed by atoms with Gasteiger partial charge >= 0.3 is 5.97 Å². The molecule has 2 heterocycles. The summed E-state index contributed by atoms with van der Waals surface area (Å²) in [4.78, 5) is 21.0. The summed E-state index contributed by atoms with van der Waals surface area (Å²) in [6.45, 7) is 9.70. The third kappa shape index (κ3) is 4.81. The molecule has 0 aromatic rings. The normalized spacial score (nSPS) is 29.7. The largest absolute Gasteiger partial charge is 0.469 e. The van der Waals surface area contributed by atoms with E-state index in [4.69, 9.17) is 14.5 Å². The van der Waals surface area contributed by atoms with E-state index in [9.17, 15) is 4.79 Å². The molecule has 3 atom stereocenters. The fraction of sp³-hybridized carbons (Fsp3) is 0.875. The molecule has 0 aromatic heterocycles. The van der Waals surface area contributed by atoms with Gasteiger partial charge in [-0.05, 0) is 19.9 Å². The predicted molar refractivity (Wildman–Crippen MR) is 89.5 cm³/mol. The maximum Gasteiger partial charge on any atom is 0.310 e. The van der Waals surface area contributed by atoms with Crippen molar-refractivity contribution in [2.24, 2.45) is 16.8 Å². The number of esters is 1. The van der Waals surface area contributed by atoms with E-state index in [1.54, 1.807) is 0 Å². The van der Waals surface area contributed by atoms with Gasteiger partial charge in [-0.15, -0.1) is 0 Å². The van der Waals surface area contributed by atoms with Crippen molar-refractivity contribution in [3.8, 4) is 0 Å². The quantitative estimate of drug-likeness (QED) is 0.446. The Balaban J connectivity index is 1.97. The molecular formula is C16H30N4O3. The van der Waals surface area contributed by atoms with Gasteiger partial charge in [-0.3, -0.25) is 9.79 Å². The number of methoxy groups -OCH3 is 1. The van der Waals surface area contributed by atoms with Gasteiger partial charge in [0.25, 0.3) is 0 Å². The Kier molecular flexibility index (Phi) is 6.65. The van der Waals surface area contributed by atoms with Crippen LogP contribution < -0.4 is 5.32 Å². The van der Waals surface area contributed by atoms with Crippen molar-refractivity contribution in [2.75, 3.05) is 60.0 Å². The van der Waals surface area contributed by atoms with Crippen LogP contribution in [0.3, 0.4) is 0 Å². The summed E-state index contributed by atoms with van der Waals surface area (Å²) in [5.41, 5.74) is 0. The number of rotatable bonds is 4. The smallest absolute Gasteiger partial charge is 0.310 e. The van der Waals surface area contributed by atoms with Gasteiger partial charge in [-0.2, -0.15) is 0 Å². The minimum absolute atomic E-state index is 0.0825.